The molecule has 124 valence electrons. The summed E-state index contributed by atoms with van der Waals surface area (Å²) in [5.74, 6) is 0.00792. The van der Waals surface area contributed by atoms with E-state index in [2.05, 4.69) is 10.4 Å². The van der Waals surface area contributed by atoms with Crippen LogP contribution in [0.15, 0.2) is 30.0 Å². The number of aromatic nitrogens is 2. The van der Waals surface area contributed by atoms with Gasteiger partial charge in [-0.25, -0.2) is 0 Å². The van der Waals surface area contributed by atoms with Crippen molar-refractivity contribution in [2.24, 2.45) is 0 Å². The Balaban J connectivity index is 2.28. The van der Waals surface area contributed by atoms with Crippen LogP contribution in [0.4, 0.5) is 5.69 Å². The Labute approximate surface area is 145 Å². The smallest absolute Gasteiger partial charge is 0.266 e. The third-order valence-electron chi connectivity index (χ3n) is 3.53. The minimum atomic E-state index is -0.545. The number of rotatable bonds is 5. The quantitative estimate of drug-likeness (QED) is 0.665. The molecule has 0 atom stereocenters. The number of anilines is 1. The number of hydrogen-bond acceptors (Lipinski definition) is 4. The average molecular weight is 345 g/mol. The molecule has 1 N–H and O–H groups in total. The molecule has 0 radical (unpaired) electrons. The molecule has 0 saturated heterocycles. The van der Waals surface area contributed by atoms with Crippen LogP contribution in [-0.2, 0) is 11.3 Å². The Morgan fingerprint density at radius 1 is 1.54 bits per heavy atom. The molecule has 0 spiro atoms. The number of nitrogens with zero attached hydrogens (tertiary/aromatic N) is 3. The first-order valence-electron chi connectivity index (χ1n) is 7.29. The van der Waals surface area contributed by atoms with Crippen LogP contribution in [0.2, 0.25) is 5.02 Å². The number of amides is 1. The molecule has 0 fully saturated rings. The summed E-state index contributed by atoms with van der Waals surface area (Å²) >= 11 is 6.07. The van der Waals surface area contributed by atoms with Gasteiger partial charge in [-0.1, -0.05) is 11.6 Å². The predicted molar refractivity (Wildman–Crippen MR) is 92.9 cm³/mol. The maximum atomic E-state index is 12.4. The summed E-state index contributed by atoms with van der Waals surface area (Å²) in [5.41, 5.74) is 1.95. The lowest BCUT2D eigenvalue weighted by molar-refractivity contribution is -0.112. The molecule has 2 rings (SSSR count). The molecule has 1 heterocycles. The zero-order chi connectivity index (χ0) is 17.7. The third-order valence-corrected chi connectivity index (χ3v) is 3.86. The fraction of sp³-hybridized carbons (Fsp3) is 0.235. The van der Waals surface area contributed by atoms with E-state index < -0.39 is 5.91 Å². The highest BCUT2D eigenvalue weighted by Crippen LogP contribution is 2.27. The van der Waals surface area contributed by atoms with Crippen LogP contribution in [0.5, 0.6) is 5.75 Å². The largest absolute Gasteiger partial charge is 0.497 e. The number of nitriles is 1. The SMILES string of the molecule is CCn1ncc(C=C(C#N)C(=O)Nc2cc(OC)ccc2Cl)c1C. The minimum absolute atomic E-state index is 0.0346. The van der Waals surface area contributed by atoms with E-state index in [1.165, 1.54) is 13.2 Å². The fourth-order valence-electron chi connectivity index (χ4n) is 2.14. The molecular weight excluding hydrogens is 328 g/mol. The zero-order valence-corrected chi connectivity index (χ0v) is 14.4. The maximum Gasteiger partial charge on any atom is 0.266 e. The van der Waals surface area contributed by atoms with E-state index in [0.29, 0.717) is 23.0 Å². The van der Waals surface area contributed by atoms with E-state index in [9.17, 15) is 10.1 Å². The molecule has 0 aliphatic heterocycles. The number of carbonyl (C=O) groups excluding carboxylic acids is 1. The van der Waals surface area contributed by atoms with E-state index in [1.54, 1.807) is 29.1 Å². The first kappa shape index (κ1) is 17.6. The number of ether oxygens (including phenoxy) is 1. The Morgan fingerprint density at radius 3 is 2.88 bits per heavy atom. The summed E-state index contributed by atoms with van der Waals surface area (Å²) in [7, 11) is 1.52. The number of benzene rings is 1. The third kappa shape index (κ3) is 3.76. The Hall–Kier alpha value is -2.78. The van der Waals surface area contributed by atoms with E-state index in [1.807, 2.05) is 19.9 Å². The van der Waals surface area contributed by atoms with Gasteiger partial charge < -0.3 is 10.1 Å². The second kappa shape index (κ2) is 7.66. The lowest BCUT2D eigenvalue weighted by Gasteiger charge is -2.08. The van der Waals surface area contributed by atoms with Crippen molar-refractivity contribution in [1.29, 1.82) is 5.26 Å². The number of nitrogens with one attached hydrogen (secondary N) is 1. The second-order valence-corrected chi connectivity index (χ2v) is 5.38. The van der Waals surface area contributed by atoms with Gasteiger partial charge in [0.25, 0.3) is 5.91 Å². The van der Waals surface area contributed by atoms with Gasteiger partial charge in [-0.2, -0.15) is 10.4 Å². The standard InChI is InChI=1S/C17H17ClN4O2/c1-4-22-11(2)13(10-20-22)7-12(9-19)17(23)21-16-8-14(24-3)5-6-15(16)18/h5-8,10H,4H2,1-3H3,(H,21,23). The Morgan fingerprint density at radius 2 is 2.29 bits per heavy atom. The van der Waals surface area contributed by atoms with Crippen molar-refractivity contribution < 1.29 is 9.53 Å². The monoisotopic (exact) mass is 344 g/mol. The molecule has 0 bridgehead atoms. The average Bonchev–Trinajstić information content (AvgIpc) is 2.94. The highest BCUT2D eigenvalue weighted by atomic mass is 35.5. The van der Waals surface area contributed by atoms with Gasteiger partial charge in [0.05, 0.1) is 24.0 Å². The van der Waals surface area contributed by atoms with E-state index >= 15 is 0 Å². The second-order valence-electron chi connectivity index (χ2n) is 4.97. The van der Waals surface area contributed by atoms with Crippen LogP contribution in [0, 0.1) is 18.3 Å². The Bertz CT molecular complexity index is 834. The van der Waals surface area contributed by atoms with Crippen LogP contribution < -0.4 is 10.1 Å². The van der Waals surface area contributed by atoms with Gasteiger partial charge in [0.2, 0.25) is 0 Å². The van der Waals surface area contributed by atoms with Gasteiger partial charge >= 0.3 is 0 Å². The summed E-state index contributed by atoms with van der Waals surface area (Å²) in [6.07, 6.45) is 3.14. The first-order chi connectivity index (χ1) is 11.5. The van der Waals surface area contributed by atoms with Gasteiger partial charge in [-0.3, -0.25) is 9.48 Å². The lowest BCUT2D eigenvalue weighted by atomic mass is 10.1. The molecule has 0 aliphatic carbocycles. The Kier molecular flexibility index (Phi) is 5.61. The van der Waals surface area contributed by atoms with Crippen LogP contribution >= 0.6 is 11.6 Å². The van der Waals surface area contributed by atoms with Crippen molar-refractivity contribution in [1.82, 2.24) is 9.78 Å². The van der Waals surface area contributed by atoms with Crippen LogP contribution in [-0.4, -0.2) is 22.8 Å². The summed E-state index contributed by atoms with van der Waals surface area (Å²) in [5, 5.41) is 16.5. The summed E-state index contributed by atoms with van der Waals surface area (Å²) < 4.78 is 6.89. The van der Waals surface area contributed by atoms with Crippen molar-refractivity contribution in [3.05, 3.63) is 46.2 Å². The van der Waals surface area contributed by atoms with Gasteiger partial charge in [0, 0.05) is 23.9 Å². The highest BCUT2D eigenvalue weighted by molar-refractivity contribution is 6.34. The molecule has 0 unspecified atom stereocenters. The summed E-state index contributed by atoms with van der Waals surface area (Å²) in [6, 6.07) is 6.80. The van der Waals surface area contributed by atoms with Crippen molar-refractivity contribution in [2.75, 3.05) is 12.4 Å². The number of aryl methyl sites for hydroxylation is 1. The number of carbonyl (C=O) groups is 1. The van der Waals surface area contributed by atoms with Crippen LogP contribution in [0.25, 0.3) is 6.08 Å². The number of methoxy groups -OCH3 is 1. The molecule has 6 nitrogen and oxygen atoms in total. The van der Waals surface area contributed by atoms with Gasteiger partial charge in [0.15, 0.2) is 0 Å². The van der Waals surface area contributed by atoms with E-state index in [0.717, 1.165) is 11.3 Å². The lowest BCUT2D eigenvalue weighted by Crippen LogP contribution is -2.14. The molecule has 2 aromatic rings. The normalized spacial score (nSPS) is 11.0. The summed E-state index contributed by atoms with van der Waals surface area (Å²) in [4.78, 5) is 12.4. The molecule has 24 heavy (non-hydrogen) atoms. The van der Waals surface area contributed by atoms with E-state index in [4.69, 9.17) is 16.3 Å². The molecule has 1 aromatic heterocycles. The van der Waals surface area contributed by atoms with Crippen molar-refractivity contribution in [3.8, 4) is 11.8 Å². The van der Waals surface area contributed by atoms with Gasteiger partial charge in [-0.05, 0) is 32.1 Å². The number of hydrogen-bond donors (Lipinski definition) is 1. The minimum Gasteiger partial charge on any atom is -0.497 e. The van der Waals surface area contributed by atoms with Gasteiger partial charge in [0.1, 0.15) is 17.4 Å². The van der Waals surface area contributed by atoms with Crippen molar-refractivity contribution in [2.45, 2.75) is 20.4 Å². The van der Waals surface area contributed by atoms with Gasteiger partial charge in [-0.15, -0.1) is 0 Å². The van der Waals surface area contributed by atoms with E-state index in [-0.39, 0.29) is 5.57 Å². The molecular formula is C17H17ClN4O2. The predicted octanol–water partition coefficient (Wildman–Crippen LogP) is 3.42. The zero-order valence-electron chi connectivity index (χ0n) is 13.6. The molecule has 1 aromatic carbocycles. The fourth-order valence-corrected chi connectivity index (χ4v) is 2.31. The van der Waals surface area contributed by atoms with Crippen molar-refractivity contribution >= 4 is 29.3 Å². The van der Waals surface area contributed by atoms with Crippen molar-refractivity contribution in [3.63, 3.8) is 0 Å². The molecule has 0 saturated carbocycles. The first-order valence-corrected chi connectivity index (χ1v) is 7.67. The topological polar surface area (TPSA) is 79.9 Å². The maximum absolute atomic E-state index is 12.4. The van der Waals surface area contributed by atoms with Crippen LogP contribution in [0.1, 0.15) is 18.2 Å². The molecule has 7 heteroatoms. The summed E-state index contributed by atoms with van der Waals surface area (Å²) in [6.45, 7) is 4.57. The molecule has 1 amide bonds. The number of halogens is 1. The highest BCUT2D eigenvalue weighted by Gasteiger charge is 2.14. The molecule has 0 aliphatic rings. The van der Waals surface area contributed by atoms with Crippen LogP contribution in [0.3, 0.4) is 0 Å².